The molecule has 3 nitrogen and oxygen atoms in total. The summed E-state index contributed by atoms with van der Waals surface area (Å²) in [5.41, 5.74) is 0. The van der Waals surface area contributed by atoms with E-state index in [2.05, 4.69) is 27.2 Å². The smallest absolute Gasteiger partial charge is 0.306 e. The van der Waals surface area contributed by atoms with E-state index < -0.39 is 0 Å². The topological polar surface area (TPSA) is 43.4 Å². The zero-order valence-corrected chi connectivity index (χ0v) is 7.59. The second-order valence-corrected chi connectivity index (χ2v) is 2.71. The summed E-state index contributed by atoms with van der Waals surface area (Å²) in [5.74, 6) is -0.377. The van der Waals surface area contributed by atoms with Crippen LogP contribution in [-0.4, -0.2) is 17.3 Å². The number of carbonyl (C=O) groups excluding carboxylic acids is 2. The van der Waals surface area contributed by atoms with Gasteiger partial charge in [-0.15, -0.1) is 0 Å². The van der Waals surface area contributed by atoms with Gasteiger partial charge in [0.05, 0.1) is 6.42 Å². The van der Waals surface area contributed by atoms with E-state index in [1.54, 1.807) is 0 Å². The Bertz CT molecular complexity index is 165. The number of hydrogen-bond acceptors (Lipinski definition) is 3. The molecule has 0 aliphatic heterocycles. The molecule has 62 valence electrons. The number of esters is 1. The Morgan fingerprint density at radius 2 is 2.09 bits per heavy atom. The first-order valence-corrected chi connectivity index (χ1v) is 3.91. The predicted molar refractivity (Wildman–Crippen MR) is 44.3 cm³/mol. The van der Waals surface area contributed by atoms with Crippen LogP contribution in [0, 0.1) is 0 Å². The van der Waals surface area contributed by atoms with E-state index in [9.17, 15) is 9.59 Å². The van der Waals surface area contributed by atoms with Crippen molar-refractivity contribution in [2.24, 2.45) is 0 Å². The van der Waals surface area contributed by atoms with Crippen molar-refractivity contribution < 1.29 is 14.3 Å². The summed E-state index contributed by atoms with van der Waals surface area (Å²) in [4.78, 5) is 21.0. The van der Waals surface area contributed by atoms with Gasteiger partial charge in [-0.2, -0.15) is 0 Å². The largest absolute Gasteiger partial charge is 0.461 e. The molecule has 0 radical (unpaired) electrons. The molecule has 0 aliphatic carbocycles. The SMILES string of the molecule is C=CCOC(=O)CCC(=O)Br. The quantitative estimate of drug-likeness (QED) is 0.400. The molecular weight excluding hydrogens is 212 g/mol. The van der Waals surface area contributed by atoms with Crippen LogP contribution in [0.25, 0.3) is 0 Å². The van der Waals surface area contributed by atoms with Crippen molar-refractivity contribution in [3.63, 3.8) is 0 Å². The molecule has 0 N–H and O–H groups in total. The Balaban J connectivity index is 3.37. The number of carbonyl (C=O) groups is 2. The molecule has 0 atom stereocenters. The molecule has 0 heterocycles. The molecule has 0 fully saturated rings. The third kappa shape index (κ3) is 7.25. The minimum Gasteiger partial charge on any atom is -0.461 e. The lowest BCUT2D eigenvalue weighted by atomic mass is 10.3. The van der Waals surface area contributed by atoms with Crippen LogP contribution >= 0.6 is 15.9 Å². The molecule has 0 aromatic carbocycles. The van der Waals surface area contributed by atoms with Crippen LogP contribution in [0.5, 0.6) is 0 Å². The van der Waals surface area contributed by atoms with Crippen LogP contribution in [0.3, 0.4) is 0 Å². The lowest BCUT2D eigenvalue weighted by molar-refractivity contribution is -0.143. The zero-order chi connectivity index (χ0) is 8.69. The fourth-order valence-electron chi connectivity index (χ4n) is 0.424. The van der Waals surface area contributed by atoms with E-state index in [0.717, 1.165) is 0 Å². The summed E-state index contributed by atoms with van der Waals surface area (Å²) in [6.45, 7) is 3.58. The molecular formula is C7H9BrO3. The predicted octanol–water partition coefficient (Wildman–Crippen LogP) is 1.42. The van der Waals surface area contributed by atoms with Crippen molar-refractivity contribution >= 4 is 26.6 Å². The number of halogens is 1. The summed E-state index contributed by atoms with van der Waals surface area (Å²) in [5, 5.41) is 0. The van der Waals surface area contributed by atoms with E-state index in [0.29, 0.717) is 0 Å². The minimum absolute atomic E-state index is 0.123. The van der Waals surface area contributed by atoms with Gasteiger partial charge >= 0.3 is 5.97 Å². The number of rotatable bonds is 5. The standard InChI is InChI=1S/C7H9BrO3/c1-2-5-11-7(10)4-3-6(8)9/h2H,1,3-5H2. The van der Waals surface area contributed by atoms with Crippen LogP contribution in [-0.2, 0) is 14.3 Å². The van der Waals surface area contributed by atoms with Gasteiger partial charge in [-0.05, 0) is 15.9 Å². The maximum atomic E-state index is 10.7. The summed E-state index contributed by atoms with van der Waals surface area (Å²) < 4.78 is 4.42. The summed E-state index contributed by atoms with van der Waals surface area (Å²) >= 11 is 2.70. The van der Waals surface area contributed by atoms with Gasteiger partial charge in [-0.1, -0.05) is 12.7 Å². The maximum absolute atomic E-state index is 10.7. The maximum Gasteiger partial charge on any atom is 0.306 e. The van der Waals surface area contributed by atoms with E-state index in [1.807, 2.05) is 0 Å². The van der Waals surface area contributed by atoms with Crippen molar-refractivity contribution in [2.75, 3.05) is 6.61 Å². The molecule has 0 saturated carbocycles. The summed E-state index contributed by atoms with van der Waals surface area (Å²) in [6.07, 6.45) is 1.78. The highest BCUT2D eigenvalue weighted by Gasteiger charge is 2.03. The van der Waals surface area contributed by atoms with E-state index >= 15 is 0 Å². The molecule has 4 heteroatoms. The Labute approximate surface area is 73.5 Å². The second-order valence-electron chi connectivity index (χ2n) is 1.83. The highest BCUT2D eigenvalue weighted by molar-refractivity contribution is 9.18. The summed E-state index contributed by atoms with van der Waals surface area (Å²) in [7, 11) is 0. The van der Waals surface area contributed by atoms with Gasteiger partial charge in [0, 0.05) is 6.42 Å². The monoisotopic (exact) mass is 220 g/mol. The van der Waals surface area contributed by atoms with Gasteiger partial charge in [0.15, 0.2) is 4.69 Å². The van der Waals surface area contributed by atoms with Gasteiger partial charge < -0.3 is 4.74 Å². The average molecular weight is 221 g/mol. The Morgan fingerprint density at radius 1 is 1.45 bits per heavy atom. The molecule has 0 aromatic rings. The number of ether oxygens (including phenoxy) is 1. The van der Waals surface area contributed by atoms with E-state index in [1.165, 1.54) is 6.08 Å². The highest BCUT2D eigenvalue weighted by atomic mass is 79.9. The number of hydrogen-bond donors (Lipinski definition) is 0. The third-order valence-corrected chi connectivity index (χ3v) is 1.28. The first-order valence-electron chi connectivity index (χ1n) is 3.11. The van der Waals surface area contributed by atoms with Gasteiger partial charge in [0.25, 0.3) is 0 Å². The molecule has 0 aliphatic rings. The van der Waals surface area contributed by atoms with Crippen LogP contribution in [0.1, 0.15) is 12.8 Å². The van der Waals surface area contributed by atoms with Crippen LogP contribution < -0.4 is 0 Å². The fraction of sp³-hybridized carbons (Fsp3) is 0.429. The fourth-order valence-corrected chi connectivity index (χ4v) is 0.623. The van der Waals surface area contributed by atoms with Gasteiger partial charge in [-0.3, -0.25) is 9.59 Å². The van der Waals surface area contributed by atoms with Crippen molar-refractivity contribution in [2.45, 2.75) is 12.8 Å². The molecule has 0 aromatic heterocycles. The first kappa shape index (κ1) is 10.4. The lowest BCUT2D eigenvalue weighted by Crippen LogP contribution is -2.05. The first-order chi connectivity index (χ1) is 5.16. The van der Waals surface area contributed by atoms with Crippen LogP contribution in [0.4, 0.5) is 0 Å². The molecule has 0 bridgehead atoms. The highest BCUT2D eigenvalue weighted by Crippen LogP contribution is 1.98. The molecule has 0 amide bonds. The van der Waals surface area contributed by atoms with Crippen molar-refractivity contribution in [3.05, 3.63) is 12.7 Å². The molecule has 0 unspecified atom stereocenters. The molecule has 11 heavy (non-hydrogen) atoms. The van der Waals surface area contributed by atoms with Crippen LogP contribution in [0.15, 0.2) is 12.7 Å². The second kappa shape index (κ2) is 6.09. The molecule has 0 saturated heterocycles. The minimum atomic E-state index is -0.377. The van der Waals surface area contributed by atoms with E-state index in [4.69, 9.17) is 0 Å². The molecule has 0 rings (SSSR count). The van der Waals surface area contributed by atoms with Gasteiger partial charge in [0.1, 0.15) is 6.61 Å². The Kier molecular flexibility index (Phi) is 5.74. The van der Waals surface area contributed by atoms with E-state index in [-0.39, 0.29) is 30.1 Å². The van der Waals surface area contributed by atoms with Crippen molar-refractivity contribution in [1.29, 1.82) is 0 Å². The van der Waals surface area contributed by atoms with Crippen molar-refractivity contribution in [1.82, 2.24) is 0 Å². The average Bonchev–Trinajstić information content (AvgIpc) is 1.97. The van der Waals surface area contributed by atoms with Crippen LogP contribution in [0.2, 0.25) is 0 Å². The third-order valence-electron chi connectivity index (χ3n) is 0.888. The van der Waals surface area contributed by atoms with Gasteiger partial charge in [-0.25, -0.2) is 0 Å². The summed E-state index contributed by atoms with van der Waals surface area (Å²) in [6, 6.07) is 0. The zero-order valence-electron chi connectivity index (χ0n) is 6.01. The van der Waals surface area contributed by atoms with Gasteiger partial charge in [0.2, 0.25) is 0 Å². The lowest BCUT2D eigenvalue weighted by Gasteiger charge is -1.98. The Morgan fingerprint density at radius 3 is 2.55 bits per heavy atom. The molecule has 0 spiro atoms. The van der Waals surface area contributed by atoms with Crippen molar-refractivity contribution in [3.8, 4) is 0 Å². The normalized spacial score (nSPS) is 8.82. The Hall–Kier alpha value is -0.640.